The lowest BCUT2D eigenvalue weighted by Crippen LogP contribution is -1.97. The van der Waals surface area contributed by atoms with Crippen molar-refractivity contribution in [2.24, 2.45) is 0 Å². The van der Waals surface area contributed by atoms with Crippen LogP contribution in [0, 0.1) is 0 Å². The van der Waals surface area contributed by atoms with Crippen molar-refractivity contribution in [2.45, 2.75) is 6.92 Å². The van der Waals surface area contributed by atoms with Crippen LogP contribution < -0.4 is 4.74 Å². The Hall–Kier alpha value is -1.68. The first-order chi connectivity index (χ1) is 8.16. The predicted molar refractivity (Wildman–Crippen MR) is 68.5 cm³/mol. The zero-order chi connectivity index (χ0) is 12.3. The lowest BCUT2D eigenvalue weighted by Gasteiger charge is -2.09. The molecule has 0 bridgehead atoms. The number of hydrogen-bond acceptors (Lipinski definition) is 3. The summed E-state index contributed by atoms with van der Waals surface area (Å²) in [6.45, 7) is 1.51. The molecular formula is C13H10BrNO2. The van der Waals surface area contributed by atoms with Gasteiger partial charge in [-0.2, -0.15) is 0 Å². The maximum Gasteiger partial charge on any atom is 0.163 e. The van der Waals surface area contributed by atoms with E-state index < -0.39 is 0 Å². The van der Waals surface area contributed by atoms with E-state index in [4.69, 9.17) is 4.74 Å². The van der Waals surface area contributed by atoms with Crippen molar-refractivity contribution in [2.75, 3.05) is 0 Å². The number of halogens is 1. The molecule has 0 N–H and O–H groups in total. The van der Waals surface area contributed by atoms with Gasteiger partial charge in [-0.25, -0.2) is 0 Å². The molecule has 3 nitrogen and oxygen atoms in total. The van der Waals surface area contributed by atoms with E-state index in [1.807, 2.05) is 6.07 Å². The molecule has 0 aliphatic heterocycles. The molecule has 17 heavy (non-hydrogen) atoms. The highest BCUT2D eigenvalue weighted by Crippen LogP contribution is 2.27. The van der Waals surface area contributed by atoms with Gasteiger partial charge < -0.3 is 4.74 Å². The van der Waals surface area contributed by atoms with Crippen LogP contribution in [0.5, 0.6) is 11.5 Å². The molecule has 2 aromatic rings. The van der Waals surface area contributed by atoms with Crippen LogP contribution in [0.1, 0.15) is 17.3 Å². The van der Waals surface area contributed by atoms with Crippen molar-refractivity contribution < 1.29 is 9.53 Å². The fourth-order valence-corrected chi connectivity index (χ4v) is 1.76. The van der Waals surface area contributed by atoms with Gasteiger partial charge >= 0.3 is 0 Å². The first kappa shape index (κ1) is 11.8. The van der Waals surface area contributed by atoms with Gasteiger partial charge in [0.05, 0.1) is 11.8 Å². The number of carbonyl (C=O) groups is 1. The monoisotopic (exact) mass is 291 g/mol. The molecule has 0 saturated carbocycles. The second-order valence-electron chi connectivity index (χ2n) is 3.49. The Morgan fingerprint density at radius 1 is 1.35 bits per heavy atom. The van der Waals surface area contributed by atoms with Gasteiger partial charge in [-0.1, -0.05) is 15.9 Å². The Kier molecular flexibility index (Phi) is 3.54. The number of ketones is 1. The molecular weight excluding hydrogens is 282 g/mol. The third-order valence-electron chi connectivity index (χ3n) is 2.18. The van der Waals surface area contributed by atoms with Gasteiger partial charge in [-0.15, -0.1) is 0 Å². The van der Waals surface area contributed by atoms with E-state index in [2.05, 4.69) is 20.9 Å². The van der Waals surface area contributed by atoms with E-state index >= 15 is 0 Å². The Morgan fingerprint density at radius 2 is 2.18 bits per heavy atom. The molecule has 0 spiro atoms. The maximum absolute atomic E-state index is 11.5. The highest BCUT2D eigenvalue weighted by atomic mass is 79.9. The number of Topliss-reactive ketones (excluding diaryl/α,β-unsaturated/α-hetero) is 1. The van der Waals surface area contributed by atoms with Crippen molar-refractivity contribution in [1.29, 1.82) is 0 Å². The standard InChI is InChI=1S/C13H10BrNO2/c1-9(16)12-7-10(14)4-5-13(12)17-11-3-2-6-15-8-11/h2-8H,1H3. The quantitative estimate of drug-likeness (QED) is 0.807. The van der Waals surface area contributed by atoms with Crippen LogP contribution in [-0.4, -0.2) is 10.8 Å². The summed E-state index contributed by atoms with van der Waals surface area (Å²) in [7, 11) is 0. The first-order valence-corrected chi connectivity index (χ1v) is 5.84. The Bertz CT molecular complexity index is 540. The summed E-state index contributed by atoms with van der Waals surface area (Å²) in [6, 6.07) is 8.90. The molecule has 0 radical (unpaired) electrons. The number of hydrogen-bond donors (Lipinski definition) is 0. The van der Waals surface area contributed by atoms with Crippen molar-refractivity contribution in [1.82, 2.24) is 4.98 Å². The SMILES string of the molecule is CC(=O)c1cc(Br)ccc1Oc1cccnc1. The topological polar surface area (TPSA) is 39.2 Å². The van der Waals surface area contributed by atoms with Gasteiger partial charge in [0.2, 0.25) is 0 Å². The minimum Gasteiger partial charge on any atom is -0.455 e. The molecule has 0 amide bonds. The smallest absolute Gasteiger partial charge is 0.163 e. The third-order valence-corrected chi connectivity index (χ3v) is 2.68. The number of pyridine rings is 1. The Morgan fingerprint density at radius 3 is 2.82 bits per heavy atom. The van der Waals surface area contributed by atoms with Crippen molar-refractivity contribution in [3.05, 3.63) is 52.8 Å². The molecule has 86 valence electrons. The van der Waals surface area contributed by atoms with Gasteiger partial charge in [-0.3, -0.25) is 9.78 Å². The summed E-state index contributed by atoms with van der Waals surface area (Å²) in [5, 5.41) is 0. The Balaban J connectivity index is 2.36. The van der Waals surface area contributed by atoms with E-state index in [0.717, 1.165) is 4.47 Å². The average Bonchev–Trinajstić information content (AvgIpc) is 2.32. The summed E-state index contributed by atoms with van der Waals surface area (Å²) in [4.78, 5) is 15.4. The Labute approximate surface area is 108 Å². The maximum atomic E-state index is 11.5. The first-order valence-electron chi connectivity index (χ1n) is 5.05. The van der Waals surface area contributed by atoms with Crippen LogP contribution in [0.15, 0.2) is 47.2 Å². The summed E-state index contributed by atoms with van der Waals surface area (Å²) in [5.74, 6) is 1.11. The molecule has 1 heterocycles. The van der Waals surface area contributed by atoms with Crippen LogP contribution in [-0.2, 0) is 0 Å². The lowest BCUT2D eigenvalue weighted by atomic mass is 10.1. The number of aromatic nitrogens is 1. The van der Waals surface area contributed by atoms with Crippen LogP contribution in [0.4, 0.5) is 0 Å². The number of benzene rings is 1. The van der Waals surface area contributed by atoms with Crippen molar-refractivity contribution in [3.8, 4) is 11.5 Å². The largest absolute Gasteiger partial charge is 0.455 e. The van der Waals surface area contributed by atoms with Crippen molar-refractivity contribution >= 4 is 21.7 Å². The predicted octanol–water partition coefficient (Wildman–Crippen LogP) is 3.84. The second-order valence-corrected chi connectivity index (χ2v) is 4.40. The molecule has 0 fully saturated rings. The summed E-state index contributed by atoms with van der Waals surface area (Å²) in [6.07, 6.45) is 3.27. The summed E-state index contributed by atoms with van der Waals surface area (Å²) in [5.41, 5.74) is 0.545. The minimum atomic E-state index is -0.0369. The van der Waals surface area contributed by atoms with Gasteiger partial charge in [0, 0.05) is 10.7 Å². The fraction of sp³-hybridized carbons (Fsp3) is 0.0769. The van der Waals surface area contributed by atoms with E-state index in [0.29, 0.717) is 17.1 Å². The van der Waals surface area contributed by atoms with E-state index in [1.54, 1.807) is 36.7 Å². The van der Waals surface area contributed by atoms with Crippen molar-refractivity contribution in [3.63, 3.8) is 0 Å². The molecule has 2 rings (SSSR count). The molecule has 0 saturated heterocycles. The van der Waals surface area contributed by atoms with E-state index in [-0.39, 0.29) is 5.78 Å². The highest BCUT2D eigenvalue weighted by molar-refractivity contribution is 9.10. The fourth-order valence-electron chi connectivity index (χ4n) is 1.40. The van der Waals surface area contributed by atoms with Crippen LogP contribution in [0.25, 0.3) is 0 Å². The van der Waals surface area contributed by atoms with Crippen LogP contribution >= 0.6 is 15.9 Å². The molecule has 0 atom stereocenters. The van der Waals surface area contributed by atoms with Gasteiger partial charge in [-0.05, 0) is 37.3 Å². The van der Waals surface area contributed by atoms with E-state index in [9.17, 15) is 4.79 Å². The second kappa shape index (κ2) is 5.10. The summed E-state index contributed by atoms with van der Waals surface area (Å²) < 4.78 is 6.47. The molecule has 1 aromatic carbocycles. The van der Waals surface area contributed by atoms with Crippen LogP contribution in [0.2, 0.25) is 0 Å². The lowest BCUT2D eigenvalue weighted by molar-refractivity contribution is 0.101. The van der Waals surface area contributed by atoms with Gasteiger partial charge in [0.15, 0.2) is 5.78 Å². The minimum absolute atomic E-state index is 0.0369. The normalized spacial score (nSPS) is 10.0. The zero-order valence-electron chi connectivity index (χ0n) is 9.18. The molecule has 0 aliphatic carbocycles. The van der Waals surface area contributed by atoms with Gasteiger partial charge in [0.1, 0.15) is 11.5 Å². The summed E-state index contributed by atoms with van der Waals surface area (Å²) >= 11 is 3.33. The molecule has 1 aromatic heterocycles. The number of carbonyl (C=O) groups excluding carboxylic acids is 1. The highest BCUT2D eigenvalue weighted by Gasteiger charge is 2.09. The zero-order valence-corrected chi connectivity index (χ0v) is 10.8. The molecule has 0 unspecified atom stereocenters. The number of ether oxygens (including phenoxy) is 1. The molecule has 0 aliphatic rings. The van der Waals surface area contributed by atoms with E-state index in [1.165, 1.54) is 6.92 Å². The average molecular weight is 292 g/mol. The third kappa shape index (κ3) is 2.91. The van der Waals surface area contributed by atoms with Crippen LogP contribution in [0.3, 0.4) is 0 Å². The number of nitrogens with zero attached hydrogens (tertiary/aromatic N) is 1. The van der Waals surface area contributed by atoms with Gasteiger partial charge in [0.25, 0.3) is 0 Å². The number of rotatable bonds is 3. The molecule has 4 heteroatoms.